The number of thiophene rings is 1. The number of hydrogen-bond donors (Lipinski definition) is 0. The van der Waals surface area contributed by atoms with Gasteiger partial charge in [0.25, 0.3) is 5.91 Å². The van der Waals surface area contributed by atoms with Gasteiger partial charge in [0.2, 0.25) is 5.89 Å². The molecule has 2 aliphatic heterocycles. The van der Waals surface area contributed by atoms with Gasteiger partial charge in [-0.2, -0.15) is 16.3 Å². The molecule has 2 aromatic heterocycles. The van der Waals surface area contributed by atoms with Crippen LogP contribution in [0.1, 0.15) is 40.8 Å². The zero-order valence-corrected chi connectivity index (χ0v) is 13.8. The average molecular weight is 333 g/mol. The number of aryl methyl sites for hydroxylation is 1. The number of likely N-dealkylation sites (tertiary alicyclic amines) is 1. The Morgan fingerprint density at radius 1 is 1.43 bits per heavy atom. The highest BCUT2D eigenvalue weighted by atomic mass is 32.1. The lowest BCUT2D eigenvalue weighted by Gasteiger charge is -2.43. The van der Waals surface area contributed by atoms with Gasteiger partial charge in [0.15, 0.2) is 5.82 Å². The second kappa shape index (κ2) is 6.05. The number of piperidine rings is 1. The zero-order chi connectivity index (χ0) is 15.8. The summed E-state index contributed by atoms with van der Waals surface area (Å²) in [4.78, 5) is 19.0. The Balaban J connectivity index is 1.55. The number of ether oxygens (including phenoxy) is 1. The molecule has 0 aliphatic carbocycles. The fraction of sp³-hybridized carbons (Fsp3) is 0.562. The normalized spacial score (nSPS) is 27.7. The van der Waals surface area contributed by atoms with E-state index >= 15 is 0 Å². The van der Waals surface area contributed by atoms with Gasteiger partial charge in [-0.15, -0.1) is 0 Å². The second-order valence-electron chi connectivity index (χ2n) is 6.20. The Kier molecular flexibility index (Phi) is 3.90. The van der Waals surface area contributed by atoms with E-state index in [1.807, 2.05) is 28.7 Å². The van der Waals surface area contributed by atoms with Crippen molar-refractivity contribution in [1.29, 1.82) is 0 Å². The third-order valence-electron chi connectivity index (χ3n) is 4.79. The molecule has 0 radical (unpaired) electrons. The summed E-state index contributed by atoms with van der Waals surface area (Å²) in [5, 5.41) is 7.76. The second-order valence-corrected chi connectivity index (χ2v) is 6.98. The lowest BCUT2D eigenvalue weighted by molar-refractivity contribution is -0.0756. The number of aromatic nitrogens is 2. The van der Waals surface area contributed by atoms with Crippen molar-refractivity contribution in [2.75, 3.05) is 19.7 Å². The molecule has 122 valence electrons. The maximum Gasteiger partial charge on any atom is 0.254 e. The summed E-state index contributed by atoms with van der Waals surface area (Å²) < 4.78 is 11.3. The topological polar surface area (TPSA) is 68.5 Å². The Morgan fingerprint density at radius 3 is 3.09 bits per heavy atom. The van der Waals surface area contributed by atoms with Crippen LogP contribution in [0.25, 0.3) is 0 Å². The highest BCUT2D eigenvalue weighted by Crippen LogP contribution is 2.39. The minimum Gasteiger partial charge on any atom is -0.378 e. The van der Waals surface area contributed by atoms with Crippen LogP contribution in [0.15, 0.2) is 21.3 Å². The third kappa shape index (κ3) is 2.79. The van der Waals surface area contributed by atoms with E-state index in [0.717, 1.165) is 24.9 Å². The van der Waals surface area contributed by atoms with E-state index in [2.05, 4.69) is 10.1 Å². The molecule has 1 amide bonds. The Bertz CT molecular complexity index is 685. The van der Waals surface area contributed by atoms with E-state index in [1.165, 1.54) is 0 Å². The van der Waals surface area contributed by atoms with Crippen LogP contribution in [0.4, 0.5) is 0 Å². The van der Waals surface area contributed by atoms with Crippen LogP contribution < -0.4 is 0 Å². The molecule has 4 heterocycles. The number of amides is 1. The number of nitrogens with zero attached hydrogens (tertiary/aromatic N) is 3. The van der Waals surface area contributed by atoms with Crippen molar-refractivity contribution in [3.63, 3.8) is 0 Å². The SMILES string of the molecule is Cc1noc([C@@H]2CCO[C@@H]3CCN(C(=O)c4ccsc4)C[C@@H]32)n1. The van der Waals surface area contributed by atoms with E-state index in [1.54, 1.807) is 11.3 Å². The number of rotatable bonds is 2. The van der Waals surface area contributed by atoms with E-state index in [9.17, 15) is 4.79 Å². The van der Waals surface area contributed by atoms with Gasteiger partial charge in [-0.3, -0.25) is 4.79 Å². The van der Waals surface area contributed by atoms with Crippen LogP contribution in [0, 0.1) is 12.8 Å². The van der Waals surface area contributed by atoms with Gasteiger partial charge in [-0.25, -0.2) is 0 Å². The summed E-state index contributed by atoms with van der Waals surface area (Å²) in [5.41, 5.74) is 0.773. The smallest absolute Gasteiger partial charge is 0.254 e. The molecule has 0 spiro atoms. The van der Waals surface area contributed by atoms with Crippen LogP contribution in [-0.2, 0) is 4.74 Å². The van der Waals surface area contributed by atoms with Crippen LogP contribution in [0.3, 0.4) is 0 Å². The highest BCUT2D eigenvalue weighted by Gasteiger charge is 2.42. The van der Waals surface area contributed by atoms with Crippen molar-refractivity contribution in [2.45, 2.75) is 31.8 Å². The molecule has 3 atom stereocenters. The monoisotopic (exact) mass is 333 g/mol. The molecule has 0 saturated carbocycles. The minimum absolute atomic E-state index is 0.107. The third-order valence-corrected chi connectivity index (χ3v) is 5.47. The van der Waals surface area contributed by atoms with E-state index in [-0.39, 0.29) is 23.8 Å². The maximum absolute atomic E-state index is 12.6. The number of hydrogen-bond acceptors (Lipinski definition) is 6. The van der Waals surface area contributed by atoms with E-state index in [4.69, 9.17) is 9.26 Å². The fourth-order valence-corrected chi connectivity index (χ4v) is 4.27. The summed E-state index contributed by atoms with van der Waals surface area (Å²) in [6, 6.07) is 1.88. The first kappa shape index (κ1) is 14.8. The molecule has 6 nitrogen and oxygen atoms in total. The molecule has 2 fully saturated rings. The van der Waals surface area contributed by atoms with Gasteiger partial charge < -0.3 is 14.2 Å². The summed E-state index contributed by atoms with van der Waals surface area (Å²) in [6.07, 6.45) is 1.90. The molecular formula is C16H19N3O3S. The molecule has 4 rings (SSSR count). The van der Waals surface area contributed by atoms with Crippen molar-refractivity contribution in [3.8, 4) is 0 Å². The van der Waals surface area contributed by atoms with Crippen molar-refractivity contribution in [3.05, 3.63) is 34.1 Å². The van der Waals surface area contributed by atoms with Gasteiger partial charge >= 0.3 is 0 Å². The number of fused-ring (bicyclic) bond motifs is 1. The number of carbonyl (C=O) groups excluding carboxylic acids is 1. The molecule has 2 saturated heterocycles. The largest absolute Gasteiger partial charge is 0.378 e. The van der Waals surface area contributed by atoms with Gasteiger partial charge in [-0.1, -0.05) is 5.16 Å². The quantitative estimate of drug-likeness (QED) is 0.844. The first-order chi connectivity index (χ1) is 11.2. The standard InChI is InChI=1S/C16H19N3O3S/c1-10-17-15(22-18-10)12-3-6-21-14-2-5-19(8-13(12)14)16(20)11-4-7-23-9-11/h4,7,9,12-14H,2-3,5-6,8H2,1H3/t12-,13-,14-/m1/s1. The Hall–Kier alpha value is -1.73. The van der Waals surface area contributed by atoms with Crippen LogP contribution >= 0.6 is 11.3 Å². The summed E-state index contributed by atoms with van der Waals surface area (Å²) in [6.45, 7) is 3.97. The van der Waals surface area contributed by atoms with Crippen LogP contribution in [0.5, 0.6) is 0 Å². The van der Waals surface area contributed by atoms with Crippen molar-refractivity contribution in [1.82, 2.24) is 15.0 Å². The van der Waals surface area contributed by atoms with Crippen molar-refractivity contribution >= 4 is 17.2 Å². The summed E-state index contributed by atoms with van der Waals surface area (Å²) >= 11 is 1.55. The van der Waals surface area contributed by atoms with Gasteiger partial charge in [0.05, 0.1) is 11.7 Å². The minimum atomic E-state index is 0.107. The molecule has 0 N–H and O–H groups in total. The maximum atomic E-state index is 12.6. The Labute approximate surface area is 138 Å². The molecule has 2 aromatic rings. The Morgan fingerprint density at radius 2 is 2.35 bits per heavy atom. The van der Waals surface area contributed by atoms with Gasteiger partial charge in [0, 0.05) is 36.9 Å². The van der Waals surface area contributed by atoms with Crippen molar-refractivity contribution < 1.29 is 14.1 Å². The predicted octanol–water partition coefficient (Wildman–Crippen LogP) is 2.47. The number of carbonyl (C=O) groups is 1. The zero-order valence-electron chi connectivity index (χ0n) is 13.0. The molecule has 7 heteroatoms. The van der Waals surface area contributed by atoms with Gasteiger partial charge in [0.1, 0.15) is 0 Å². The molecule has 0 bridgehead atoms. The fourth-order valence-electron chi connectivity index (χ4n) is 3.64. The first-order valence-electron chi connectivity index (χ1n) is 7.95. The molecular weight excluding hydrogens is 314 g/mol. The van der Waals surface area contributed by atoms with E-state index in [0.29, 0.717) is 24.9 Å². The molecule has 0 aromatic carbocycles. The van der Waals surface area contributed by atoms with E-state index < -0.39 is 0 Å². The highest BCUT2D eigenvalue weighted by molar-refractivity contribution is 7.08. The summed E-state index contributed by atoms with van der Waals surface area (Å²) in [5.74, 6) is 1.85. The lowest BCUT2D eigenvalue weighted by Crippen LogP contribution is -2.51. The van der Waals surface area contributed by atoms with Crippen LogP contribution in [-0.4, -0.2) is 46.7 Å². The van der Waals surface area contributed by atoms with Crippen LogP contribution in [0.2, 0.25) is 0 Å². The first-order valence-corrected chi connectivity index (χ1v) is 8.90. The van der Waals surface area contributed by atoms with Gasteiger partial charge in [-0.05, 0) is 31.2 Å². The molecule has 0 unspecified atom stereocenters. The summed E-state index contributed by atoms with van der Waals surface area (Å²) in [7, 11) is 0. The molecule has 2 aliphatic rings. The van der Waals surface area contributed by atoms with Crippen molar-refractivity contribution in [2.24, 2.45) is 5.92 Å². The predicted molar refractivity (Wildman–Crippen MR) is 84.5 cm³/mol. The lowest BCUT2D eigenvalue weighted by atomic mass is 9.79. The molecule has 23 heavy (non-hydrogen) atoms. The average Bonchev–Trinajstić information content (AvgIpc) is 3.24.